The van der Waals surface area contributed by atoms with Crippen molar-refractivity contribution in [2.75, 3.05) is 6.61 Å². The highest BCUT2D eigenvalue weighted by Crippen LogP contribution is 2.26. The van der Waals surface area contributed by atoms with Crippen molar-refractivity contribution in [1.82, 2.24) is 0 Å². The molecule has 2 aromatic rings. The van der Waals surface area contributed by atoms with Crippen molar-refractivity contribution >= 4 is 0 Å². The monoisotopic (exact) mass is 246 g/mol. The summed E-state index contributed by atoms with van der Waals surface area (Å²) in [4.78, 5) is 0. The van der Waals surface area contributed by atoms with Crippen LogP contribution in [0.1, 0.15) is 12.5 Å². The topological polar surface area (TPSA) is 29.5 Å². The molecule has 94 valence electrons. The van der Waals surface area contributed by atoms with Gasteiger partial charge >= 0.3 is 0 Å². The number of ether oxygens (including phenoxy) is 1. The molecule has 2 rings (SSSR count). The third-order valence-electron chi connectivity index (χ3n) is 2.69. The molecular formula is C15H15FO2. The molecule has 2 nitrogen and oxygen atoms in total. The molecule has 0 amide bonds. The fraction of sp³-hybridized carbons (Fsp3) is 0.200. The van der Waals surface area contributed by atoms with Gasteiger partial charge in [-0.15, -0.1) is 0 Å². The van der Waals surface area contributed by atoms with Gasteiger partial charge in [0.25, 0.3) is 0 Å². The van der Waals surface area contributed by atoms with Crippen molar-refractivity contribution < 1.29 is 14.2 Å². The minimum atomic E-state index is -0.295. The molecule has 1 N–H and O–H groups in total. The van der Waals surface area contributed by atoms with Crippen LogP contribution in [0.25, 0.3) is 11.1 Å². The summed E-state index contributed by atoms with van der Waals surface area (Å²) in [5.74, 6) is 0.469. The Morgan fingerprint density at radius 2 is 1.83 bits per heavy atom. The van der Waals surface area contributed by atoms with E-state index in [1.165, 1.54) is 6.07 Å². The van der Waals surface area contributed by atoms with Gasteiger partial charge in [-0.3, -0.25) is 0 Å². The van der Waals surface area contributed by atoms with Crippen LogP contribution < -0.4 is 4.74 Å². The summed E-state index contributed by atoms with van der Waals surface area (Å²) in [6.45, 7) is 2.43. The van der Waals surface area contributed by atoms with Crippen LogP contribution in [0.5, 0.6) is 5.75 Å². The third kappa shape index (κ3) is 2.68. The molecule has 0 fully saturated rings. The van der Waals surface area contributed by atoms with Crippen LogP contribution in [0.15, 0.2) is 42.5 Å². The molecule has 0 saturated carbocycles. The smallest absolute Gasteiger partial charge is 0.131 e. The maximum Gasteiger partial charge on any atom is 0.131 e. The van der Waals surface area contributed by atoms with E-state index in [0.29, 0.717) is 17.7 Å². The Kier molecular flexibility index (Phi) is 3.95. The largest absolute Gasteiger partial charge is 0.494 e. The predicted molar refractivity (Wildman–Crippen MR) is 68.9 cm³/mol. The zero-order valence-electron chi connectivity index (χ0n) is 10.2. The minimum Gasteiger partial charge on any atom is -0.494 e. The van der Waals surface area contributed by atoms with Crippen LogP contribution in [-0.2, 0) is 6.61 Å². The fourth-order valence-electron chi connectivity index (χ4n) is 1.79. The molecule has 0 radical (unpaired) electrons. The van der Waals surface area contributed by atoms with Crippen LogP contribution in [0, 0.1) is 5.82 Å². The number of hydrogen-bond donors (Lipinski definition) is 1. The number of aliphatic hydroxyl groups is 1. The lowest BCUT2D eigenvalue weighted by Gasteiger charge is -2.07. The molecule has 0 aliphatic heterocycles. The lowest BCUT2D eigenvalue weighted by molar-refractivity contribution is 0.282. The van der Waals surface area contributed by atoms with E-state index in [1.54, 1.807) is 12.1 Å². The highest BCUT2D eigenvalue weighted by molar-refractivity contribution is 5.65. The molecule has 2 aromatic carbocycles. The highest BCUT2D eigenvalue weighted by Gasteiger charge is 2.06. The van der Waals surface area contributed by atoms with Gasteiger partial charge in [-0.2, -0.15) is 0 Å². The van der Waals surface area contributed by atoms with E-state index < -0.39 is 0 Å². The minimum absolute atomic E-state index is 0.0929. The number of aliphatic hydroxyl groups excluding tert-OH is 1. The van der Waals surface area contributed by atoms with Gasteiger partial charge in [0.2, 0.25) is 0 Å². The zero-order chi connectivity index (χ0) is 13.0. The SMILES string of the molecule is CCOc1ccc(-c2cc(CO)ccc2F)cc1. The molecule has 0 unspecified atom stereocenters. The molecule has 0 aromatic heterocycles. The van der Waals surface area contributed by atoms with Crippen molar-refractivity contribution in [3.05, 3.63) is 53.8 Å². The van der Waals surface area contributed by atoms with Gasteiger partial charge in [-0.25, -0.2) is 4.39 Å². The van der Waals surface area contributed by atoms with Crippen LogP contribution in [0.2, 0.25) is 0 Å². The second kappa shape index (κ2) is 5.65. The summed E-state index contributed by atoms with van der Waals surface area (Å²) >= 11 is 0. The molecule has 0 spiro atoms. The first-order valence-corrected chi connectivity index (χ1v) is 5.87. The molecule has 0 aliphatic carbocycles. The van der Waals surface area contributed by atoms with Gasteiger partial charge in [0.1, 0.15) is 11.6 Å². The Balaban J connectivity index is 2.35. The first-order chi connectivity index (χ1) is 8.74. The van der Waals surface area contributed by atoms with Crippen molar-refractivity contribution in [3.8, 4) is 16.9 Å². The predicted octanol–water partition coefficient (Wildman–Crippen LogP) is 3.38. The molecule has 3 heteroatoms. The first-order valence-electron chi connectivity index (χ1n) is 5.87. The summed E-state index contributed by atoms with van der Waals surface area (Å²) in [5.41, 5.74) is 1.95. The Hall–Kier alpha value is -1.87. The molecule has 18 heavy (non-hydrogen) atoms. The van der Waals surface area contributed by atoms with E-state index in [1.807, 2.05) is 31.2 Å². The van der Waals surface area contributed by atoms with Crippen molar-refractivity contribution in [3.63, 3.8) is 0 Å². The highest BCUT2D eigenvalue weighted by atomic mass is 19.1. The van der Waals surface area contributed by atoms with Gasteiger partial charge < -0.3 is 9.84 Å². The van der Waals surface area contributed by atoms with Gasteiger partial charge in [0.15, 0.2) is 0 Å². The summed E-state index contributed by atoms with van der Waals surface area (Å²) in [6.07, 6.45) is 0. The van der Waals surface area contributed by atoms with Gasteiger partial charge in [-0.05, 0) is 42.3 Å². The van der Waals surface area contributed by atoms with Gasteiger partial charge in [0.05, 0.1) is 13.2 Å². The number of halogens is 1. The number of benzene rings is 2. The quantitative estimate of drug-likeness (QED) is 0.896. The molecule has 0 aliphatic rings. The normalized spacial score (nSPS) is 10.4. The maximum atomic E-state index is 13.7. The lowest BCUT2D eigenvalue weighted by atomic mass is 10.0. The van der Waals surface area contributed by atoms with Crippen molar-refractivity contribution in [2.45, 2.75) is 13.5 Å². The Labute approximate surface area is 106 Å². The second-order valence-electron chi connectivity index (χ2n) is 3.93. The van der Waals surface area contributed by atoms with Gasteiger partial charge in [-0.1, -0.05) is 18.2 Å². The van der Waals surface area contributed by atoms with Crippen LogP contribution in [-0.4, -0.2) is 11.7 Å². The van der Waals surface area contributed by atoms with Crippen LogP contribution in [0.3, 0.4) is 0 Å². The molecule has 0 bridgehead atoms. The van der Waals surface area contributed by atoms with E-state index in [4.69, 9.17) is 9.84 Å². The zero-order valence-corrected chi connectivity index (χ0v) is 10.2. The fourth-order valence-corrected chi connectivity index (χ4v) is 1.79. The summed E-state index contributed by atoms with van der Waals surface area (Å²) in [5, 5.41) is 9.07. The molecule has 0 atom stereocenters. The van der Waals surface area contributed by atoms with Crippen molar-refractivity contribution in [1.29, 1.82) is 0 Å². The average Bonchev–Trinajstić information content (AvgIpc) is 2.41. The molecular weight excluding hydrogens is 231 g/mol. The first kappa shape index (κ1) is 12.6. The van der Waals surface area contributed by atoms with Gasteiger partial charge in [0, 0.05) is 5.56 Å². The summed E-state index contributed by atoms with van der Waals surface area (Å²) in [6, 6.07) is 11.8. The number of rotatable bonds is 4. The molecule has 0 heterocycles. The van der Waals surface area contributed by atoms with E-state index in [9.17, 15) is 4.39 Å². The van der Waals surface area contributed by atoms with E-state index in [2.05, 4.69) is 0 Å². The van der Waals surface area contributed by atoms with Crippen LogP contribution >= 0.6 is 0 Å². The van der Waals surface area contributed by atoms with Crippen molar-refractivity contribution in [2.24, 2.45) is 0 Å². The Bertz CT molecular complexity index is 521. The summed E-state index contributed by atoms with van der Waals surface area (Å²) < 4.78 is 19.1. The van der Waals surface area contributed by atoms with E-state index in [0.717, 1.165) is 11.3 Å². The molecule has 0 saturated heterocycles. The number of hydrogen-bond acceptors (Lipinski definition) is 2. The maximum absolute atomic E-state index is 13.7. The van der Waals surface area contributed by atoms with E-state index >= 15 is 0 Å². The summed E-state index contributed by atoms with van der Waals surface area (Å²) in [7, 11) is 0. The van der Waals surface area contributed by atoms with Crippen LogP contribution in [0.4, 0.5) is 4.39 Å². The standard InChI is InChI=1S/C15H15FO2/c1-2-18-13-6-4-12(5-7-13)14-9-11(10-17)3-8-15(14)16/h3-9,17H,2,10H2,1H3. The van der Waals surface area contributed by atoms with E-state index in [-0.39, 0.29) is 12.4 Å². The second-order valence-corrected chi connectivity index (χ2v) is 3.93. The Morgan fingerprint density at radius 1 is 1.11 bits per heavy atom. The third-order valence-corrected chi connectivity index (χ3v) is 2.69. The average molecular weight is 246 g/mol. The Morgan fingerprint density at radius 3 is 2.44 bits per heavy atom. The lowest BCUT2D eigenvalue weighted by Crippen LogP contribution is -1.92.